The third-order valence-corrected chi connectivity index (χ3v) is 2.68. The minimum atomic E-state index is -2.64. The van der Waals surface area contributed by atoms with Gasteiger partial charge in [-0.3, -0.25) is 0 Å². The Kier molecular flexibility index (Phi) is 3.94. The van der Waals surface area contributed by atoms with Gasteiger partial charge in [-0.05, 0) is 24.3 Å². The Balaban J connectivity index is 2.19. The molecule has 2 aromatic carbocycles. The van der Waals surface area contributed by atoms with Crippen molar-refractivity contribution < 1.29 is 17.9 Å². The van der Waals surface area contributed by atoms with E-state index < -0.39 is 12.2 Å². The molecule has 0 fully saturated rings. The number of nitrogen functional groups attached to an aromatic ring is 1. The van der Waals surface area contributed by atoms with Crippen molar-refractivity contribution >= 4 is 5.69 Å². The summed E-state index contributed by atoms with van der Waals surface area (Å²) in [7, 11) is 0. The quantitative estimate of drug-likeness (QED) is 0.852. The average Bonchev–Trinajstić information content (AvgIpc) is 2.38. The van der Waals surface area contributed by atoms with Crippen LogP contribution < -0.4 is 10.5 Å². The molecule has 2 rings (SSSR count). The lowest BCUT2D eigenvalue weighted by Crippen LogP contribution is -2.04. The highest BCUT2D eigenvalue weighted by Gasteiger charge is 2.14. The SMILES string of the molecule is Nc1cccc(F)c1COc1ccccc1C(F)F. The van der Waals surface area contributed by atoms with E-state index in [1.54, 1.807) is 6.07 Å². The van der Waals surface area contributed by atoms with Gasteiger partial charge in [0.15, 0.2) is 0 Å². The number of ether oxygens (including phenoxy) is 1. The summed E-state index contributed by atoms with van der Waals surface area (Å²) in [4.78, 5) is 0. The predicted molar refractivity (Wildman–Crippen MR) is 66.5 cm³/mol. The number of alkyl halides is 2. The van der Waals surface area contributed by atoms with Gasteiger partial charge in [0.25, 0.3) is 6.43 Å². The normalized spacial score (nSPS) is 10.7. The van der Waals surface area contributed by atoms with E-state index >= 15 is 0 Å². The molecule has 19 heavy (non-hydrogen) atoms. The van der Waals surface area contributed by atoms with Gasteiger partial charge in [-0.25, -0.2) is 13.2 Å². The molecule has 0 aliphatic carbocycles. The summed E-state index contributed by atoms with van der Waals surface area (Å²) in [6.07, 6.45) is -2.64. The summed E-state index contributed by atoms with van der Waals surface area (Å²) in [6, 6.07) is 10.00. The standard InChI is InChI=1S/C14H12F3NO/c15-11-5-3-6-12(18)10(11)8-19-13-7-2-1-4-9(13)14(16)17/h1-7,14H,8,18H2. The fraction of sp³-hybridized carbons (Fsp3) is 0.143. The van der Waals surface area contributed by atoms with Crippen LogP contribution in [-0.2, 0) is 6.61 Å². The van der Waals surface area contributed by atoms with E-state index in [0.717, 1.165) is 0 Å². The van der Waals surface area contributed by atoms with Gasteiger partial charge in [0, 0.05) is 11.3 Å². The van der Waals surface area contributed by atoms with E-state index in [0.29, 0.717) is 0 Å². The van der Waals surface area contributed by atoms with Gasteiger partial charge in [-0.2, -0.15) is 0 Å². The molecule has 100 valence electrons. The van der Waals surface area contributed by atoms with Gasteiger partial charge in [0.05, 0.1) is 5.56 Å². The van der Waals surface area contributed by atoms with Crippen LogP contribution in [0.25, 0.3) is 0 Å². The maximum atomic E-state index is 13.5. The highest BCUT2D eigenvalue weighted by atomic mass is 19.3. The van der Waals surface area contributed by atoms with Gasteiger partial charge in [0.1, 0.15) is 18.2 Å². The number of para-hydroxylation sites is 1. The van der Waals surface area contributed by atoms with Crippen LogP contribution in [0.5, 0.6) is 5.75 Å². The molecule has 0 unspecified atom stereocenters. The molecule has 0 spiro atoms. The molecule has 2 N–H and O–H groups in total. The molecule has 0 radical (unpaired) electrons. The lowest BCUT2D eigenvalue weighted by Gasteiger charge is -2.12. The largest absolute Gasteiger partial charge is 0.488 e. The Labute approximate surface area is 108 Å². The fourth-order valence-corrected chi connectivity index (χ4v) is 1.67. The van der Waals surface area contributed by atoms with Crippen LogP contribution in [0.15, 0.2) is 42.5 Å². The molecular formula is C14H12F3NO. The second-order valence-corrected chi connectivity index (χ2v) is 3.93. The van der Waals surface area contributed by atoms with Crippen molar-refractivity contribution in [2.75, 3.05) is 5.73 Å². The van der Waals surface area contributed by atoms with Gasteiger partial charge in [-0.1, -0.05) is 18.2 Å². The Morgan fingerprint density at radius 3 is 2.47 bits per heavy atom. The summed E-state index contributed by atoms with van der Waals surface area (Å²) in [6.45, 7) is -0.192. The second kappa shape index (κ2) is 5.65. The molecule has 5 heteroatoms. The first-order valence-electron chi connectivity index (χ1n) is 5.62. The van der Waals surface area contributed by atoms with Crippen molar-refractivity contribution in [3.8, 4) is 5.75 Å². The molecule has 0 bridgehead atoms. The second-order valence-electron chi connectivity index (χ2n) is 3.93. The molecular weight excluding hydrogens is 255 g/mol. The lowest BCUT2D eigenvalue weighted by atomic mass is 10.1. The summed E-state index contributed by atoms with van der Waals surface area (Å²) in [5.41, 5.74) is 5.78. The summed E-state index contributed by atoms with van der Waals surface area (Å²) >= 11 is 0. The monoisotopic (exact) mass is 267 g/mol. The zero-order valence-corrected chi connectivity index (χ0v) is 9.95. The topological polar surface area (TPSA) is 35.2 Å². The Morgan fingerprint density at radius 1 is 1.05 bits per heavy atom. The highest BCUT2D eigenvalue weighted by Crippen LogP contribution is 2.29. The number of halogens is 3. The highest BCUT2D eigenvalue weighted by molar-refractivity contribution is 5.47. The van der Waals surface area contributed by atoms with E-state index in [1.165, 1.54) is 36.4 Å². The van der Waals surface area contributed by atoms with Crippen molar-refractivity contribution in [2.24, 2.45) is 0 Å². The van der Waals surface area contributed by atoms with Crippen LogP contribution in [0.3, 0.4) is 0 Å². The first-order valence-corrected chi connectivity index (χ1v) is 5.62. The van der Waals surface area contributed by atoms with Gasteiger partial charge < -0.3 is 10.5 Å². The average molecular weight is 267 g/mol. The third-order valence-electron chi connectivity index (χ3n) is 2.68. The Bertz CT molecular complexity index is 552. The number of hydrogen-bond acceptors (Lipinski definition) is 2. The van der Waals surface area contributed by atoms with Gasteiger partial charge in [-0.15, -0.1) is 0 Å². The first-order chi connectivity index (χ1) is 9.09. The number of rotatable bonds is 4. The van der Waals surface area contributed by atoms with Gasteiger partial charge >= 0.3 is 0 Å². The molecule has 0 amide bonds. The van der Waals surface area contributed by atoms with E-state index in [4.69, 9.17) is 10.5 Å². The maximum Gasteiger partial charge on any atom is 0.267 e. The van der Waals surface area contributed by atoms with E-state index in [-0.39, 0.29) is 29.2 Å². The third kappa shape index (κ3) is 2.99. The molecule has 0 heterocycles. The summed E-state index contributed by atoms with van der Waals surface area (Å²) in [5, 5.41) is 0. The summed E-state index contributed by atoms with van der Waals surface area (Å²) in [5.74, 6) is -0.491. The zero-order chi connectivity index (χ0) is 13.8. The molecule has 0 saturated carbocycles. The molecule has 0 aliphatic heterocycles. The predicted octanol–water partition coefficient (Wildman–Crippen LogP) is 3.92. The van der Waals surface area contributed by atoms with Crippen LogP contribution in [-0.4, -0.2) is 0 Å². The number of nitrogens with two attached hydrogens (primary N) is 1. The van der Waals surface area contributed by atoms with Crippen LogP contribution >= 0.6 is 0 Å². The number of anilines is 1. The molecule has 0 saturated heterocycles. The van der Waals surface area contributed by atoms with Crippen molar-refractivity contribution in [2.45, 2.75) is 13.0 Å². The minimum absolute atomic E-state index is 0.0279. The van der Waals surface area contributed by atoms with Crippen LogP contribution in [0.2, 0.25) is 0 Å². The Hall–Kier alpha value is -2.17. The maximum absolute atomic E-state index is 13.5. The first kappa shape index (κ1) is 13.3. The van der Waals surface area contributed by atoms with Crippen LogP contribution in [0, 0.1) is 5.82 Å². The van der Waals surface area contributed by atoms with Crippen molar-refractivity contribution in [3.05, 3.63) is 59.4 Å². The molecule has 0 aromatic heterocycles. The van der Waals surface area contributed by atoms with Crippen molar-refractivity contribution in [1.29, 1.82) is 0 Å². The van der Waals surface area contributed by atoms with Crippen LogP contribution in [0.1, 0.15) is 17.6 Å². The Morgan fingerprint density at radius 2 is 1.79 bits per heavy atom. The number of benzene rings is 2. The zero-order valence-electron chi connectivity index (χ0n) is 9.95. The molecule has 2 nitrogen and oxygen atoms in total. The van der Waals surface area contributed by atoms with Crippen molar-refractivity contribution in [1.82, 2.24) is 0 Å². The van der Waals surface area contributed by atoms with Gasteiger partial charge in [0.2, 0.25) is 0 Å². The summed E-state index contributed by atoms with van der Waals surface area (Å²) < 4.78 is 44.2. The molecule has 0 aliphatic rings. The molecule has 2 aromatic rings. The van der Waals surface area contributed by atoms with Crippen molar-refractivity contribution in [3.63, 3.8) is 0 Å². The number of hydrogen-bond donors (Lipinski definition) is 1. The lowest BCUT2D eigenvalue weighted by molar-refractivity contribution is 0.144. The fourth-order valence-electron chi connectivity index (χ4n) is 1.67. The van der Waals surface area contributed by atoms with E-state index in [1.807, 2.05) is 0 Å². The van der Waals surface area contributed by atoms with Crippen LogP contribution in [0.4, 0.5) is 18.9 Å². The minimum Gasteiger partial charge on any atom is -0.488 e. The van der Waals surface area contributed by atoms with E-state index in [9.17, 15) is 13.2 Å². The van der Waals surface area contributed by atoms with E-state index in [2.05, 4.69) is 0 Å². The molecule has 0 atom stereocenters. The smallest absolute Gasteiger partial charge is 0.267 e.